The van der Waals surface area contributed by atoms with Gasteiger partial charge in [0.2, 0.25) is 11.8 Å². The number of amides is 2. The van der Waals surface area contributed by atoms with Gasteiger partial charge in [0.15, 0.2) is 0 Å². The van der Waals surface area contributed by atoms with Gasteiger partial charge < -0.3 is 10.2 Å². The van der Waals surface area contributed by atoms with E-state index in [4.69, 9.17) is 0 Å². The van der Waals surface area contributed by atoms with E-state index in [1.165, 1.54) is 0 Å². The predicted octanol–water partition coefficient (Wildman–Crippen LogP) is 2.57. The number of piperazine rings is 1. The van der Waals surface area contributed by atoms with Crippen LogP contribution in [0.5, 0.6) is 0 Å². The topological polar surface area (TPSA) is 49.4 Å². The van der Waals surface area contributed by atoms with Crippen LogP contribution in [0.3, 0.4) is 0 Å². The van der Waals surface area contributed by atoms with E-state index in [1.807, 2.05) is 27.7 Å². The maximum atomic E-state index is 12.7. The maximum absolute atomic E-state index is 12.7. The first-order valence-electron chi connectivity index (χ1n) is 7.68. The van der Waals surface area contributed by atoms with Crippen molar-refractivity contribution >= 4 is 11.8 Å². The van der Waals surface area contributed by atoms with Gasteiger partial charge in [0, 0.05) is 6.04 Å². The molecule has 1 aliphatic rings. The van der Waals surface area contributed by atoms with E-state index in [1.54, 1.807) is 4.90 Å². The third-order valence-corrected chi connectivity index (χ3v) is 4.09. The van der Waals surface area contributed by atoms with Crippen LogP contribution in [0.15, 0.2) is 0 Å². The van der Waals surface area contributed by atoms with Crippen molar-refractivity contribution in [1.29, 1.82) is 0 Å². The van der Waals surface area contributed by atoms with E-state index in [-0.39, 0.29) is 29.3 Å². The Kier molecular flexibility index (Phi) is 5.22. The average Bonchev–Trinajstić information content (AvgIpc) is 2.30. The predicted molar refractivity (Wildman–Crippen MR) is 81.2 cm³/mol. The molecule has 0 aromatic heterocycles. The summed E-state index contributed by atoms with van der Waals surface area (Å²) in [5, 5.41) is 2.88. The largest absolute Gasteiger partial charge is 0.342 e. The summed E-state index contributed by atoms with van der Waals surface area (Å²) in [7, 11) is 0. The molecule has 20 heavy (non-hydrogen) atoms. The van der Waals surface area contributed by atoms with E-state index in [9.17, 15) is 9.59 Å². The van der Waals surface area contributed by atoms with Gasteiger partial charge in [-0.25, -0.2) is 0 Å². The normalized spacial score (nSPS) is 25.9. The van der Waals surface area contributed by atoms with Crippen molar-refractivity contribution in [2.24, 2.45) is 11.3 Å². The Morgan fingerprint density at radius 3 is 2.15 bits per heavy atom. The van der Waals surface area contributed by atoms with Crippen molar-refractivity contribution in [2.45, 2.75) is 79.4 Å². The van der Waals surface area contributed by atoms with Crippen LogP contribution in [-0.4, -0.2) is 34.8 Å². The Morgan fingerprint density at radius 2 is 1.70 bits per heavy atom. The van der Waals surface area contributed by atoms with Crippen molar-refractivity contribution in [3.8, 4) is 0 Å². The van der Waals surface area contributed by atoms with Gasteiger partial charge in [0.05, 0.1) is 0 Å². The summed E-state index contributed by atoms with van der Waals surface area (Å²) in [4.78, 5) is 26.7. The van der Waals surface area contributed by atoms with Crippen molar-refractivity contribution in [2.75, 3.05) is 0 Å². The van der Waals surface area contributed by atoms with Crippen LogP contribution in [0, 0.1) is 11.3 Å². The molecule has 1 aliphatic heterocycles. The van der Waals surface area contributed by atoms with Crippen LogP contribution in [0.25, 0.3) is 0 Å². The molecule has 0 aromatic carbocycles. The number of nitrogens with one attached hydrogen (secondary N) is 1. The zero-order valence-corrected chi connectivity index (χ0v) is 14.0. The maximum Gasteiger partial charge on any atom is 0.246 e. The van der Waals surface area contributed by atoms with Gasteiger partial charge in [-0.05, 0) is 38.0 Å². The third kappa shape index (κ3) is 3.74. The minimum atomic E-state index is -0.423. The Labute approximate surface area is 123 Å². The summed E-state index contributed by atoms with van der Waals surface area (Å²) >= 11 is 0. The molecule has 1 rings (SSSR count). The summed E-state index contributed by atoms with van der Waals surface area (Å²) < 4.78 is 0. The fourth-order valence-corrected chi connectivity index (χ4v) is 2.69. The number of rotatable bonds is 4. The molecule has 4 nitrogen and oxygen atoms in total. The molecule has 4 heteroatoms. The van der Waals surface area contributed by atoms with Gasteiger partial charge in [-0.1, -0.05) is 34.6 Å². The van der Waals surface area contributed by atoms with Gasteiger partial charge in [-0.3, -0.25) is 9.59 Å². The summed E-state index contributed by atoms with van der Waals surface area (Å²) in [6.45, 7) is 14.2. The van der Waals surface area contributed by atoms with Gasteiger partial charge >= 0.3 is 0 Å². The second-order valence-corrected chi connectivity index (χ2v) is 7.55. The first kappa shape index (κ1) is 17.0. The molecule has 0 spiro atoms. The van der Waals surface area contributed by atoms with E-state index >= 15 is 0 Å². The van der Waals surface area contributed by atoms with Crippen LogP contribution >= 0.6 is 0 Å². The highest BCUT2D eigenvalue weighted by molar-refractivity contribution is 5.97. The Bertz CT molecular complexity index is 371. The molecule has 116 valence electrons. The minimum Gasteiger partial charge on any atom is -0.342 e. The van der Waals surface area contributed by atoms with Crippen LogP contribution in [0.2, 0.25) is 0 Å². The first-order chi connectivity index (χ1) is 9.05. The van der Waals surface area contributed by atoms with Gasteiger partial charge in [-0.2, -0.15) is 0 Å². The zero-order chi connectivity index (χ0) is 15.7. The minimum absolute atomic E-state index is 0.0408. The first-order valence-corrected chi connectivity index (χ1v) is 7.68. The molecule has 1 saturated heterocycles. The van der Waals surface area contributed by atoms with Crippen LogP contribution in [0.1, 0.15) is 61.3 Å². The summed E-state index contributed by atoms with van der Waals surface area (Å²) in [5.74, 6) is 0.627. The number of hydrogen-bond acceptors (Lipinski definition) is 2. The van der Waals surface area contributed by atoms with E-state index in [2.05, 4.69) is 26.1 Å². The standard InChI is InChI=1S/C16H30N2O2/c1-10(2)8-9-11(3)18-12(4)14(19)17-13(15(18)20)16(5,6)7/h10-13H,8-9H2,1-7H3,(H,17,19). The van der Waals surface area contributed by atoms with Gasteiger partial charge in [-0.15, -0.1) is 0 Å². The zero-order valence-electron chi connectivity index (χ0n) is 14.0. The van der Waals surface area contributed by atoms with Crippen LogP contribution in [-0.2, 0) is 9.59 Å². The molecule has 0 aromatic rings. The lowest BCUT2D eigenvalue weighted by Gasteiger charge is -2.45. The molecule has 0 radical (unpaired) electrons. The molecule has 0 bridgehead atoms. The Balaban J connectivity index is 2.90. The van der Waals surface area contributed by atoms with E-state index in [0.29, 0.717) is 5.92 Å². The van der Waals surface area contributed by atoms with E-state index < -0.39 is 6.04 Å². The summed E-state index contributed by atoms with van der Waals surface area (Å²) in [6.07, 6.45) is 2.01. The fraction of sp³-hybridized carbons (Fsp3) is 0.875. The van der Waals surface area contributed by atoms with Gasteiger partial charge in [0.25, 0.3) is 0 Å². The number of hydrogen-bond donors (Lipinski definition) is 1. The SMILES string of the molecule is CC(C)CCC(C)N1C(=O)C(C(C)(C)C)NC(=O)C1C. The summed E-state index contributed by atoms with van der Waals surface area (Å²) in [6, 6.07) is -0.688. The number of nitrogens with zero attached hydrogens (tertiary/aromatic N) is 1. The fourth-order valence-electron chi connectivity index (χ4n) is 2.69. The van der Waals surface area contributed by atoms with Crippen LogP contribution < -0.4 is 5.32 Å². The monoisotopic (exact) mass is 282 g/mol. The number of carbonyl (C=O) groups excluding carboxylic acids is 2. The lowest BCUT2D eigenvalue weighted by Crippen LogP contribution is -2.67. The van der Waals surface area contributed by atoms with Crippen molar-refractivity contribution in [3.63, 3.8) is 0 Å². The molecule has 1 fully saturated rings. The Hall–Kier alpha value is -1.06. The number of carbonyl (C=O) groups is 2. The molecular formula is C16H30N2O2. The molecule has 0 saturated carbocycles. The Morgan fingerprint density at radius 1 is 1.15 bits per heavy atom. The second kappa shape index (κ2) is 6.15. The summed E-state index contributed by atoms with van der Waals surface area (Å²) in [5.41, 5.74) is -0.261. The molecule has 1 heterocycles. The third-order valence-electron chi connectivity index (χ3n) is 4.09. The molecule has 2 amide bonds. The molecule has 1 N–H and O–H groups in total. The quantitative estimate of drug-likeness (QED) is 0.861. The molecule has 3 unspecified atom stereocenters. The van der Waals surface area contributed by atoms with Crippen molar-refractivity contribution in [3.05, 3.63) is 0 Å². The van der Waals surface area contributed by atoms with E-state index in [0.717, 1.165) is 12.8 Å². The van der Waals surface area contributed by atoms with Crippen molar-refractivity contribution in [1.82, 2.24) is 10.2 Å². The molecule has 3 atom stereocenters. The second-order valence-electron chi connectivity index (χ2n) is 7.55. The van der Waals surface area contributed by atoms with Crippen molar-refractivity contribution < 1.29 is 9.59 Å². The molecular weight excluding hydrogens is 252 g/mol. The lowest BCUT2D eigenvalue weighted by atomic mass is 9.83. The van der Waals surface area contributed by atoms with Crippen LogP contribution in [0.4, 0.5) is 0 Å². The highest BCUT2D eigenvalue weighted by Crippen LogP contribution is 2.27. The van der Waals surface area contributed by atoms with Gasteiger partial charge in [0.1, 0.15) is 12.1 Å². The lowest BCUT2D eigenvalue weighted by molar-refractivity contribution is -0.154. The highest BCUT2D eigenvalue weighted by Gasteiger charge is 2.44. The smallest absolute Gasteiger partial charge is 0.246 e. The average molecular weight is 282 g/mol. The molecule has 0 aliphatic carbocycles. The highest BCUT2D eigenvalue weighted by atomic mass is 16.2.